The van der Waals surface area contributed by atoms with E-state index in [0.717, 1.165) is 13.0 Å². The molecule has 1 fully saturated rings. The normalized spacial score (nSPS) is 19.9. The fourth-order valence-corrected chi connectivity index (χ4v) is 2.19. The second-order valence-electron chi connectivity index (χ2n) is 3.94. The van der Waals surface area contributed by atoms with E-state index in [-0.39, 0.29) is 5.91 Å². The van der Waals surface area contributed by atoms with Crippen molar-refractivity contribution in [3.8, 4) is 0 Å². The zero-order valence-corrected chi connectivity index (χ0v) is 10.5. The van der Waals surface area contributed by atoms with Crippen molar-refractivity contribution in [1.82, 2.24) is 10.6 Å². The largest absolute Gasteiger partial charge is 0.444 e. The summed E-state index contributed by atoms with van der Waals surface area (Å²) in [5, 5.41) is 6.24. The summed E-state index contributed by atoms with van der Waals surface area (Å²) < 4.78 is 5.74. The van der Waals surface area contributed by atoms with Gasteiger partial charge in [-0.25, -0.2) is 0 Å². The number of nitrogens with one attached hydrogen (secondary N) is 2. The van der Waals surface area contributed by atoms with Gasteiger partial charge in [0.1, 0.15) is 0 Å². The van der Waals surface area contributed by atoms with Crippen molar-refractivity contribution < 1.29 is 9.21 Å². The molecule has 1 atom stereocenters. The molecule has 4 nitrogen and oxygen atoms in total. The third-order valence-electron chi connectivity index (χ3n) is 2.74. The van der Waals surface area contributed by atoms with E-state index in [2.05, 4.69) is 26.6 Å². The monoisotopic (exact) mass is 286 g/mol. The maximum atomic E-state index is 11.6. The summed E-state index contributed by atoms with van der Waals surface area (Å²) in [4.78, 5) is 11.6. The molecule has 5 heteroatoms. The molecule has 1 aliphatic heterocycles. The van der Waals surface area contributed by atoms with Crippen LogP contribution in [-0.4, -0.2) is 25.0 Å². The molecule has 0 unspecified atom stereocenters. The standard InChI is InChI=1S/C11H15BrN2O2/c12-10-4-3-9(16-10)11(15)14-7-5-8-2-1-6-13-8/h3-4,8,13H,1-2,5-7H2,(H,14,15)/t8-/m1/s1. The third-order valence-corrected chi connectivity index (χ3v) is 3.16. The van der Waals surface area contributed by atoms with E-state index in [0.29, 0.717) is 23.0 Å². The lowest BCUT2D eigenvalue weighted by Gasteiger charge is -2.09. The van der Waals surface area contributed by atoms with Gasteiger partial charge in [-0.1, -0.05) is 0 Å². The van der Waals surface area contributed by atoms with Crippen molar-refractivity contribution in [3.63, 3.8) is 0 Å². The molecule has 0 saturated carbocycles. The Morgan fingerprint density at radius 3 is 3.12 bits per heavy atom. The topological polar surface area (TPSA) is 54.3 Å². The fourth-order valence-electron chi connectivity index (χ4n) is 1.89. The Balaban J connectivity index is 1.71. The summed E-state index contributed by atoms with van der Waals surface area (Å²) in [6.45, 7) is 1.79. The molecule has 2 N–H and O–H groups in total. The molecule has 2 heterocycles. The van der Waals surface area contributed by atoms with E-state index in [4.69, 9.17) is 4.42 Å². The van der Waals surface area contributed by atoms with Gasteiger partial charge in [-0.05, 0) is 53.9 Å². The highest BCUT2D eigenvalue weighted by atomic mass is 79.9. The first kappa shape index (κ1) is 11.7. The maximum absolute atomic E-state index is 11.6. The van der Waals surface area contributed by atoms with Crippen LogP contribution < -0.4 is 10.6 Å². The minimum Gasteiger partial charge on any atom is -0.444 e. The highest BCUT2D eigenvalue weighted by Gasteiger charge is 2.14. The summed E-state index contributed by atoms with van der Waals surface area (Å²) >= 11 is 3.17. The Hall–Kier alpha value is -0.810. The first-order valence-corrected chi connectivity index (χ1v) is 6.32. The van der Waals surface area contributed by atoms with Crippen molar-refractivity contribution in [3.05, 3.63) is 22.6 Å². The Morgan fingerprint density at radius 2 is 2.50 bits per heavy atom. The molecule has 0 aliphatic carbocycles. The van der Waals surface area contributed by atoms with Crippen molar-refractivity contribution in [2.75, 3.05) is 13.1 Å². The number of carbonyl (C=O) groups is 1. The number of furan rings is 1. The van der Waals surface area contributed by atoms with Crippen LogP contribution in [0.25, 0.3) is 0 Å². The molecule has 0 aromatic carbocycles. The van der Waals surface area contributed by atoms with Crippen LogP contribution in [-0.2, 0) is 0 Å². The maximum Gasteiger partial charge on any atom is 0.287 e. The van der Waals surface area contributed by atoms with Gasteiger partial charge in [-0.2, -0.15) is 0 Å². The lowest BCUT2D eigenvalue weighted by Crippen LogP contribution is -2.30. The first-order valence-electron chi connectivity index (χ1n) is 5.52. The van der Waals surface area contributed by atoms with Gasteiger partial charge >= 0.3 is 0 Å². The molecular weight excluding hydrogens is 272 g/mol. The Kier molecular flexibility index (Phi) is 4.01. The second kappa shape index (κ2) is 5.50. The predicted molar refractivity (Wildman–Crippen MR) is 64.4 cm³/mol. The number of rotatable bonds is 4. The van der Waals surface area contributed by atoms with E-state index in [9.17, 15) is 4.79 Å². The van der Waals surface area contributed by atoms with Gasteiger partial charge in [-0.3, -0.25) is 4.79 Å². The van der Waals surface area contributed by atoms with Crippen LogP contribution in [0, 0.1) is 0 Å². The Bertz CT molecular complexity index is 359. The van der Waals surface area contributed by atoms with E-state index in [1.807, 2.05) is 0 Å². The minimum atomic E-state index is -0.149. The predicted octanol–water partition coefficient (Wildman–Crippen LogP) is 1.91. The smallest absolute Gasteiger partial charge is 0.287 e. The molecule has 1 amide bonds. The molecule has 0 radical (unpaired) electrons. The molecule has 1 aromatic rings. The molecule has 0 bridgehead atoms. The molecule has 16 heavy (non-hydrogen) atoms. The molecule has 88 valence electrons. The molecule has 1 aromatic heterocycles. The molecule has 1 saturated heterocycles. The molecule has 2 rings (SSSR count). The summed E-state index contributed by atoms with van der Waals surface area (Å²) in [6.07, 6.45) is 3.43. The fraction of sp³-hybridized carbons (Fsp3) is 0.545. The quantitative estimate of drug-likeness (QED) is 0.889. The van der Waals surface area contributed by atoms with Crippen LogP contribution in [0.1, 0.15) is 29.8 Å². The summed E-state index contributed by atoms with van der Waals surface area (Å²) in [5.74, 6) is 0.204. The van der Waals surface area contributed by atoms with Crippen molar-refractivity contribution in [1.29, 1.82) is 0 Å². The van der Waals surface area contributed by atoms with Gasteiger partial charge in [0.15, 0.2) is 10.4 Å². The minimum absolute atomic E-state index is 0.149. The van der Waals surface area contributed by atoms with E-state index in [1.54, 1.807) is 12.1 Å². The first-order chi connectivity index (χ1) is 7.75. The van der Waals surface area contributed by atoms with Crippen molar-refractivity contribution in [2.24, 2.45) is 0 Å². The van der Waals surface area contributed by atoms with Crippen LogP contribution in [0.5, 0.6) is 0 Å². The average molecular weight is 287 g/mol. The number of amides is 1. The van der Waals surface area contributed by atoms with Gasteiger partial charge in [-0.15, -0.1) is 0 Å². The van der Waals surface area contributed by atoms with Crippen molar-refractivity contribution >= 4 is 21.8 Å². The number of hydrogen-bond donors (Lipinski definition) is 2. The third kappa shape index (κ3) is 3.09. The summed E-state index contributed by atoms with van der Waals surface area (Å²) in [5.41, 5.74) is 0. The number of hydrogen-bond acceptors (Lipinski definition) is 3. The molecule has 1 aliphatic rings. The van der Waals surface area contributed by atoms with Crippen LogP contribution in [0.2, 0.25) is 0 Å². The molecular formula is C11H15BrN2O2. The average Bonchev–Trinajstić information content (AvgIpc) is 2.89. The van der Waals surface area contributed by atoms with Gasteiger partial charge < -0.3 is 15.1 Å². The van der Waals surface area contributed by atoms with Crippen molar-refractivity contribution in [2.45, 2.75) is 25.3 Å². The van der Waals surface area contributed by atoms with Gasteiger partial charge in [0, 0.05) is 12.6 Å². The van der Waals surface area contributed by atoms with Gasteiger partial charge in [0.05, 0.1) is 0 Å². The van der Waals surface area contributed by atoms with E-state index >= 15 is 0 Å². The van der Waals surface area contributed by atoms with Gasteiger partial charge in [0.25, 0.3) is 5.91 Å². The highest BCUT2D eigenvalue weighted by Crippen LogP contribution is 2.14. The Labute approximate surface area is 103 Å². The zero-order chi connectivity index (χ0) is 11.4. The van der Waals surface area contributed by atoms with E-state index < -0.39 is 0 Å². The van der Waals surface area contributed by atoms with Crippen LogP contribution in [0.15, 0.2) is 21.2 Å². The van der Waals surface area contributed by atoms with Crippen LogP contribution in [0.4, 0.5) is 0 Å². The Morgan fingerprint density at radius 1 is 1.62 bits per heavy atom. The SMILES string of the molecule is O=C(NCC[C@H]1CCCN1)c1ccc(Br)o1. The highest BCUT2D eigenvalue weighted by molar-refractivity contribution is 9.10. The molecule has 0 spiro atoms. The zero-order valence-electron chi connectivity index (χ0n) is 8.96. The van der Waals surface area contributed by atoms with Gasteiger partial charge in [0.2, 0.25) is 0 Å². The van der Waals surface area contributed by atoms with Crippen LogP contribution >= 0.6 is 15.9 Å². The van der Waals surface area contributed by atoms with Crippen LogP contribution in [0.3, 0.4) is 0 Å². The summed E-state index contributed by atoms with van der Waals surface area (Å²) in [7, 11) is 0. The lowest BCUT2D eigenvalue weighted by atomic mass is 10.1. The lowest BCUT2D eigenvalue weighted by molar-refractivity contribution is 0.0923. The summed E-state index contributed by atoms with van der Waals surface area (Å²) in [6, 6.07) is 3.93. The number of halogens is 1. The second-order valence-corrected chi connectivity index (χ2v) is 4.72. The number of carbonyl (C=O) groups excluding carboxylic acids is 1. The van der Waals surface area contributed by atoms with E-state index in [1.165, 1.54) is 12.8 Å².